The second-order valence-corrected chi connectivity index (χ2v) is 10.8. The van der Waals surface area contributed by atoms with E-state index in [1.54, 1.807) is 28.3 Å². The molecule has 3 atom stereocenters. The molecule has 10 heteroatoms. The number of amides is 1. The molecule has 0 unspecified atom stereocenters. The SMILES string of the molecule is CC(C)c1ccc(OC[C@@H]2CCC(=O)N2C)c2cnc(Nc3ccnc(N4CC[C@](C)(O)[C@H](F)C4)n3)cc12. The molecule has 9 nitrogen and oxygen atoms in total. The first-order chi connectivity index (χ1) is 18.1. The molecule has 2 fully saturated rings. The summed E-state index contributed by atoms with van der Waals surface area (Å²) in [5.41, 5.74) is -0.161. The van der Waals surface area contributed by atoms with E-state index in [-0.39, 0.29) is 24.4 Å². The van der Waals surface area contributed by atoms with Gasteiger partial charge in [-0.1, -0.05) is 19.9 Å². The van der Waals surface area contributed by atoms with Crippen LogP contribution in [0.5, 0.6) is 5.75 Å². The fourth-order valence-corrected chi connectivity index (χ4v) is 5.06. The van der Waals surface area contributed by atoms with Crippen LogP contribution in [0.4, 0.5) is 22.0 Å². The number of hydrogen-bond donors (Lipinski definition) is 2. The molecule has 0 spiro atoms. The standard InChI is InChI=1S/C28H35FN6O3/c1-17(2)19-6-7-22(38-16-18-5-8-26(36)34(18)4)21-14-31-25(13-20(19)21)32-24-9-11-30-27(33-24)35-12-10-28(3,37)23(29)15-35/h6-7,9,11,13-14,17-18,23,37H,5,8,10,12,15-16H2,1-4H3,(H,30,31,32,33)/t18-,23+,28-/m0/s1. The number of fused-ring (bicyclic) bond motifs is 1. The van der Waals surface area contributed by atoms with Crippen LogP contribution in [0.3, 0.4) is 0 Å². The molecular weight excluding hydrogens is 487 g/mol. The molecule has 5 rings (SSSR count). The molecule has 1 aromatic carbocycles. The predicted octanol–water partition coefficient (Wildman–Crippen LogP) is 4.19. The number of piperidine rings is 1. The number of ether oxygens (including phenoxy) is 1. The molecule has 2 aromatic heterocycles. The first-order valence-corrected chi connectivity index (χ1v) is 13.1. The number of nitrogens with one attached hydrogen (secondary N) is 1. The van der Waals surface area contributed by atoms with Crippen LogP contribution >= 0.6 is 0 Å². The van der Waals surface area contributed by atoms with Gasteiger partial charge >= 0.3 is 0 Å². The summed E-state index contributed by atoms with van der Waals surface area (Å²) in [6, 6.07) is 7.86. The first kappa shape index (κ1) is 26.1. The Labute approximate surface area is 222 Å². The van der Waals surface area contributed by atoms with Crippen LogP contribution in [0.2, 0.25) is 0 Å². The third-order valence-corrected chi connectivity index (χ3v) is 7.71. The van der Waals surface area contributed by atoms with Crippen LogP contribution in [-0.4, -0.2) is 75.4 Å². The van der Waals surface area contributed by atoms with Crippen LogP contribution in [0.15, 0.2) is 36.7 Å². The van der Waals surface area contributed by atoms with Gasteiger partial charge in [-0.05, 0) is 54.8 Å². The Hall–Kier alpha value is -3.53. The van der Waals surface area contributed by atoms with E-state index in [9.17, 15) is 14.3 Å². The second-order valence-electron chi connectivity index (χ2n) is 10.8. The first-order valence-electron chi connectivity index (χ1n) is 13.1. The fraction of sp³-hybridized carbons (Fsp3) is 0.500. The van der Waals surface area contributed by atoms with E-state index in [0.29, 0.717) is 43.6 Å². The third-order valence-electron chi connectivity index (χ3n) is 7.71. The number of pyridine rings is 1. The smallest absolute Gasteiger partial charge is 0.227 e. The Kier molecular flexibility index (Phi) is 7.09. The van der Waals surface area contributed by atoms with Crippen molar-refractivity contribution in [2.24, 2.45) is 0 Å². The maximum Gasteiger partial charge on any atom is 0.227 e. The molecule has 2 saturated heterocycles. The molecule has 202 valence electrons. The van der Waals surface area contributed by atoms with Crippen molar-refractivity contribution < 1.29 is 19.0 Å². The van der Waals surface area contributed by atoms with E-state index >= 15 is 0 Å². The lowest BCUT2D eigenvalue weighted by atomic mass is 9.92. The number of halogens is 1. The summed E-state index contributed by atoms with van der Waals surface area (Å²) < 4.78 is 20.6. The molecule has 2 aliphatic heterocycles. The molecular formula is C28H35FN6O3. The summed E-state index contributed by atoms with van der Waals surface area (Å²) in [7, 11) is 1.83. The molecule has 2 N–H and O–H groups in total. The zero-order valence-electron chi connectivity index (χ0n) is 22.3. The largest absolute Gasteiger partial charge is 0.491 e. The second kappa shape index (κ2) is 10.3. The van der Waals surface area contributed by atoms with E-state index in [4.69, 9.17) is 4.74 Å². The van der Waals surface area contributed by atoms with E-state index in [2.05, 4.69) is 40.2 Å². The van der Waals surface area contributed by atoms with E-state index in [1.807, 2.05) is 19.2 Å². The summed E-state index contributed by atoms with van der Waals surface area (Å²) in [5.74, 6) is 2.75. The zero-order chi connectivity index (χ0) is 27.0. The van der Waals surface area contributed by atoms with Gasteiger partial charge in [0.05, 0.1) is 18.2 Å². The number of carbonyl (C=O) groups excluding carboxylic acids is 1. The maximum atomic E-state index is 14.4. The normalized spacial score (nSPS) is 23.9. The number of alkyl halides is 1. The van der Waals surface area contributed by atoms with Gasteiger partial charge in [0.25, 0.3) is 0 Å². The number of rotatable bonds is 7. The number of likely N-dealkylation sites (tertiary alicyclic amines) is 1. The topological polar surface area (TPSA) is 104 Å². The molecule has 0 bridgehead atoms. The highest BCUT2D eigenvalue weighted by atomic mass is 19.1. The monoisotopic (exact) mass is 522 g/mol. The van der Waals surface area contributed by atoms with Gasteiger partial charge < -0.3 is 25.0 Å². The summed E-state index contributed by atoms with van der Waals surface area (Å²) in [4.78, 5) is 28.9. The van der Waals surface area contributed by atoms with E-state index in [0.717, 1.165) is 22.9 Å². The fourth-order valence-electron chi connectivity index (χ4n) is 5.06. The van der Waals surface area contributed by atoms with Crippen molar-refractivity contribution in [1.29, 1.82) is 0 Å². The highest BCUT2D eigenvalue weighted by Gasteiger charge is 2.38. The van der Waals surface area contributed by atoms with Gasteiger partial charge in [0.2, 0.25) is 11.9 Å². The number of nitrogens with zero attached hydrogens (tertiary/aromatic N) is 5. The van der Waals surface area contributed by atoms with Crippen LogP contribution < -0.4 is 15.0 Å². The van der Waals surface area contributed by atoms with Gasteiger partial charge in [-0.2, -0.15) is 4.98 Å². The summed E-state index contributed by atoms with van der Waals surface area (Å²) in [5, 5.41) is 15.3. The highest BCUT2D eigenvalue weighted by Crippen LogP contribution is 2.34. The molecule has 3 aromatic rings. The van der Waals surface area contributed by atoms with Crippen LogP contribution in [0.1, 0.15) is 51.5 Å². The van der Waals surface area contributed by atoms with Crippen molar-refractivity contribution >= 4 is 34.3 Å². The van der Waals surface area contributed by atoms with Gasteiger partial charge in [0.1, 0.15) is 30.2 Å². The van der Waals surface area contributed by atoms with E-state index < -0.39 is 11.8 Å². The van der Waals surface area contributed by atoms with Gasteiger partial charge in [0, 0.05) is 37.8 Å². The number of benzene rings is 1. The predicted molar refractivity (Wildman–Crippen MR) is 145 cm³/mol. The Morgan fingerprint density at radius 3 is 2.76 bits per heavy atom. The van der Waals surface area contributed by atoms with Gasteiger partial charge in [-0.25, -0.2) is 14.4 Å². The lowest BCUT2D eigenvalue weighted by molar-refractivity contribution is -0.127. The number of likely N-dealkylation sites (N-methyl/N-ethyl adjacent to an activating group) is 1. The molecule has 4 heterocycles. The summed E-state index contributed by atoms with van der Waals surface area (Å²) >= 11 is 0. The Balaban J connectivity index is 1.37. The van der Waals surface area contributed by atoms with Gasteiger partial charge in [-0.3, -0.25) is 4.79 Å². The highest BCUT2D eigenvalue weighted by molar-refractivity contribution is 5.92. The number of carbonyl (C=O) groups is 1. The Bertz CT molecular complexity index is 1330. The van der Waals surface area contributed by atoms with Gasteiger partial charge in [-0.15, -0.1) is 0 Å². The minimum atomic E-state index is -1.38. The average Bonchev–Trinajstić information content (AvgIpc) is 3.21. The van der Waals surface area contributed by atoms with Crippen LogP contribution in [0, 0.1) is 0 Å². The number of aromatic nitrogens is 3. The molecule has 0 saturated carbocycles. The zero-order valence-corrected chi connectivity index (χ0v) is 22.3. The molecule has 0 aliphatic carbocycles. The van der Waals surface area contributed by atoms with E-state index in [1.165, 1.54) is 12.5 Å². The maximum absolute atomic E-state index is 14.4. The molecule has 0 radical (unpaired) electrons. The third kappa shape index (κ3) is 5.22. The number of anilines is 3. The molecule has 2 aliphatic rings. The minimum Gasteiger partial charge on any atom is -0.491 e. The Morgan fingerprint density at radius 1 is 1.24 bits per heavy atom. The van der Waals surface area contributed by atoms with Crippen LogP contribution in [-0.2, 0) is 4.79 Å². The van der Waals surface area contributed by atoms with Crippen molar-refractivity contribution in [2.75, 3.05) is 37.0 Å². The average molecular weight is 523 g/mol. The molecule has 38 heavy (non-hydrogen) atoms. The van der Waals surface area contributed by atoms with Crippen molar-refractivity contribution in [2.45, 2.75) is 63.8 Å². The van der Waals surface area contributed by atoms with Crippen molar-refractivity contribution in [3.63, 3.8) is 0 Å². The van der Waals surface area contributed by atoms with Crippen molar-refractivity contribution in [3.05, 3.63) is 42.2 Å². The summed E-state index contributed by atoms with van der Waals surface area (Å²) in [6.45, 7) is 6.76. The summed E-state index contributed by atoms with van der Waals surface area (Å²) in [6.07, 6.45) is 3.71. The lowest BCUT2D eigenvalue weighted by Crippen LogP contribution is -2.52. The van der Waals surface area contributed by atoms with Gasteiger partial charge in [0.15, 0.2) is 0 Å². The van der Waals surface area contributed by atoms with Crippen molar-refractivity contribution in [3.8, 4) is 5.75 Å². The van der Waals surface area contributed by atoms with Crippen molar-refractivity contribution in [1.82, 2.24) is 19.9 Å². The number of hydrogen-bond acceptors (Lipinski definition) is 8. The molecule has 1 amide bonds. The van der Waals surface area contributed by atoms with Crippen LogP contribution in [0.25, 0.3) is 10.8 Å². The number of aliphatic hydroxyl groups is 1. The lowest BCUT2D eigenvalue weighted by Gasteiger charge is -2.38. The Morgan fingerprint density at radius 2 is 2.05 bits per heavy atom. The minimum absolute atomic E-state index is 0.0377. The quantitative estimate of drug-likeness (QED) is 0.476.